The zero-order chi connectivity index (χ0) is 23.4. The largest absolute Gasteiger partial charge is 0.378 e. The minimum absolute atomic E-state index is 0.0126. The van der Waals surface area contributed by atoms with Crippen LogP contribution in [0.5, 0.6) is 0 Å². The monoisotopic (exact) mass is 466 g/mol. The van der Waals surface area contributed by atoms with E-state index in [2.05, 4.69) is 35.8 Å². The van der Waals surface area contributed by atoms with Gasteiger partial charge in [0.1, 0.15) is 5.82 Å². The second-order valence-corrected chi connectivity index (χ2v) is 8.07. The van der Waals surface area contributed by atoms with Crippen LogP contribution in [0.15, 0.2) is 63.2 Å². The number of halogens is 1. The number of nitrogens with one attached hydrogen (secondary N) is 1. The molecule has 0 aliphatic heterocycles. The Morgan fingerprint density at radius 2 is 1.91 bits per heavy atom. The van der Waals surface area contributed by atoms with Gasteiger partial charge in [-0.25, -0.2) is 14.4 Å². The molecule has 4 aromatic rings. The van der Waals surface area contributed by atoms with Crippen molar-refractivity contribution in [3.63, 3.8) is 0 Å². The Bertz CT molecular complexity index is 1300. The Morgan fingerprint density at radius 1 is 1.18 bits per heavy atom. The number of hydrogen-bond donors (Lipinski definition) is 2. The first-order valence-corrected chi connectivity index (χ1v) is 10.7. The van der Waals surface area contributed by atoms with E-state index in [9.17, 15) is 9.18 Å². The number of aromatic nitrogens is 5. The molecule has 0 bridgehead atoms. The van der Waals surface area contributed by atoms with Crippen LogP contribution in [0.4, 0.5) is 10.2 Å². The molecule has 2 aromatic heterocycles. The minimum atomic E-state index is -0.572. The number of benzene rings is 2. The Hall–Kier alpha value is -4.06. The number of rotatable bonds is 7. The molecule has 0 spiro atoms. The van der Waals surface area contributed by atoms with E-state index in [1.807, 2.05) is 31.2 Å². The summed E-state index contributed by atoms with van der Waals surface area (Å²) in [6, 6.07) is 13.7. The van der Waals surface area contributed by atoms with Gasteiger partial charge in [-0.2, -0.15) is 9.78 Å². The summed E-state index contributed by atoms with van der Waals surface area (Å²) < 4.78 is 19.1. The number of hydrogen-bond acceptors (Lipinski definition) is 9. The second-order valence-electron chi connectivity index (χ2n) is 7.02. The first-order valence-electron chi connectivity index (χ1n) is 9.75. The van der Waals surface area contributed by atoms with Gasteiger partial charge in [-0.05, 0) is 54.0 Å². The van der Waals surface area contributed by atoms with Crippen molar-refractivity contribution in [1.82, 2.24) is 30.7 Å². The van der Waals surface area contributed by atoms with Crippen LogP contribution in [-0.2, 0) is 5.75 Å². The quantitative estimate of drug-likeness (QED) is 0.241. The average molecular weight is 467 g/mol. The molecule has 33 heavy (non-hydrogen) atoms. The van der Waals surface area contributed by atoms with Gasteiger partial charge in [-0.3, -0.25) is 4.79 Å². The van der Waals surface area contributed by atoms with E-state index in [0.717, 1.165) is 10.5 Å². The molecule has 0 atom stereocenters. The Morgan fingerprint density at radius 3 is 2.58 bits per heavy atom. The van der Waals surface area contributed by atoms with E-state index < -0.39 is 5.91 Å². The number of nitrogens with zero attached hydrogens (tertiary/aromatic N) is 6. The number of amides is 1. The smallest absolute Gasteiger partial charge is 0.293 e. The van der Waals surface area contributed by atoms with Gasteiger partial charge in [0.15, 0.2) is 5.69 Å². The number of hydrazone groups is 1. The summed E-state index contributed by atoms with van der Waals surface area (Å²) in [6.45, 7) is 3.70. The maximum Gasteiger partial charge on any atom is 0.293 e. The summed E-state index contributed by atoms with van der Waals surface area (Å²) in [5.74, 6) is -0.446. The highest BCUT2D eigenvalue weighted by Gasteiger charge is 2.24. The highest BCUT2D eigenvalue weighted by Crippen LogP contribution is 2.26. The topological polar surface area (TPSA) is 137 Å². The molecule has 1 amide bonds. The molecule has 0 saturated heterocycles. The Kier molecular flexibility index (Phi) is 6.45. The molecule has 0 radical (unpaired) electrons. The fourth-order valence-corrected chi connectivity index (χ4v) is 3.74. The van der Waals surface area contributed by atoms with Crippen LogP contribution >= 0.6 is 11.8 Å². The predicted molar refractivity (Wildman–Crippen MR) is 120 cm³/mol. The van der Waals surface area contributed by atoms with Crippen LogP contribution in [0, 0.1) is 12.7 Å². The standard InChI is InChI=1S/C21H19FN8O2S/c1-12-3-9-16(10-4-12)33-11-17-18(25-29-30(17)20-19(23)27-32-28-20)21(31)26-24-13(2)14-5-7-15(22)8-6-14/h3-10H,11H2,1-2H3,(H2,23,27)(H,26,31)/b24-13-. The lowest BCUT2D eigenvalue weighted by Crippen LogP contribution is -2.21. The van der Waals surface area contributed by atoms with E-state index in [0.29, 0.717) is 22.7 Å². The molecule has 2 heterocycles. The molecule has 168 valence electrons. The minimum Gasteiger partial charge on any atom is -0.378 e. The number of anilines is 1. The number of nitrogens with two attached hydrogens (primary N) is 1. The fourth-order valence-electron chi connectivity index (χ4n) is 2.84. The van der Waals surface area contributed by atoms with E-state index in [1.165, 1.54) is 28.6 Å². The van der Waals surface area contributed by atoms with E-state index in [-0.39, 0.29) is 23.1 Å². The SMILES string of the molecule is C/C(=N/NC(=O)c1nnn(-c2nonc2N)c1CSc1ccc(C)cc1)c1ccc(F)cc1. The zero-order valence-electron chi connectivity index (χ0n) is 17.7. The summed E-state index contributed by atoms with van der Waals surface area (Å²) in [6.07, 6.45) is 0. The van der Waals surface area contributed by atoms with Crippen molar-refractivity contribution in [3.05, 3.63) is 76.9 Å². The molecule has 0 saturated carbocycles. The molecular weight excluding hydrogens is 447 g/mol. The summed E-state index contributed by atoms with van der Waals surface area (Å²) in [4.78, 5) is 13.9. The molecule has 3 N–H and O–H groups in total. The first kappa shape index (κ1) is 22.1. The fraction of sp³-hybridized carbons (Fsp3) is 0.143. The lowest BCUT2D eigenvalue weighted by atomic mass is 10.1. The summed E-state index contributed by atoms with van der Waals surface area (Å²) in [5.41, 5.74) is 11.1. The third-order valence-corrected chi connectivity index (χ3v) is 5.68. The van der Waals surface area contributed by atoms with Gasteiger partial charge < -0.3 is 5.73 Å². The van der Waals surface area contributed by atoms with Gasteiger partial charge in [0.25, 0.3) is 5.91 Å². The van der Waals surface area contributed by atoms with Crippen LogP contribution in [0.1, 0.15) is 34.2 Å². The highest BCUT2D eigenvalue weighted by atomic mass is 32.2. The lowest BCUT2D eigenvalue weighted by Gasteiger charge is -2.06. The summed E-state index contributed by atoms with van der Waals surface area (Å²) >= 11 is 1.49. The Balaban J connectivity index is 1.59. The van der Waals surface area contributed by atoms with Crippen molar-refractivity contribution in [1.29, 1.82) is 0 Å². The Labute approximate surface area is 192 Å². The van der Waals surface area contributed by atoms with Gasteiger partial charge in [0.2, 0.25) is 11.6 Å². The van der Waals surface area contributed by atoms with Crippen LogP contribution in [0.25, 0.3) is 5.82 Å². The number of thioether (sulfide) groups is 1. The van der Waals surface area contributed by atoms with Crippen molar-refractivity contribution in [3.8, 4) is 5.82 Å². The first-order chi connectivity index (χ1) is 15.9. The van der Waals surface area contributed by atoms with Gasteiger partial charge in [0, 0.05) is 10.6 Å². The molecule has 10 nitrogen and oxygen atoms in total. The van der Waals surface area contributed by atoms with E-state index in [1.54, 1.807) is 19.1 Å². The van der Waals surface area contributed by atoms with Gasteiger partial charge in [0.05, 0.1) is 11.4 Å². The molecule has 2 aromatic carbocycles. The van der Waals surface area contributed by atoms with E-state index >= 15 is 0 Å². The second kappa shape index (κ2) is 9.61. The maximum absolute atomic E-state index is 13.1. The molecule has 0 aliphatic rings. The number of aryl methyl sites for hydroxylation is 1. The van der Waals surface area contributed by atoms with Crippen molar-refractivity contribution in [2.75, 3.05) is 5.73 Å². The molecular formula is C21H19FN8O2S. The number of carbonyl (C=O) groups excluding carboxylic acids is 1. The van der Waals surface area contributed by atoms with Crippen LogP contribution < -0.4 is 11.2 Å². The summed E-state index contributed by atoms with van der Waals surface area (Å²) in [7, 11) is 0. The number of carbonyl (C=O) groups is 1. The van der Waals surface area contributed by atoms with Crippen molar-refractivity contribution < 1.29 is 13.8 Å². The van der Waals surface area contributed by atoms with E-state index in [4.69, 9.17) is 5.73 Å². The van der Waals surface area contributed by atoms with Crippen molar-refractivity contribution in [2.45, 2.75) is 24.5 Å². The lowest BCUT2D eigenvalue weighted by molar-refractivity contribution is 0.0949. The maximum atomic E-state index is 13.1. The van der Waals surface area contributed by atoms with Crippen molar-refractivity contribution in [2.24, 2.45) is 5.10 Å². The molecule has 0 fully saturated rings. The predicted octanol–water partition coefficient (Wildman–Crippen LogP) is 3.13. The van der Waals surface area contributed by atoms with Gasteiger partial charge in [-0.15, -0.1) is 16.9 Å². The van der Waals surface area contributed by atoms with Crippen LogP contribution in [0.3, 0.4) is 0 Å². The van der Waals surface area contributed by atoms with Crippen LogP contribution in [-0.4, -0.2) is 36.9 Å². The third kappa shape index (κ3) is 5.06. The number of nitrogen functional groups attached to an aromatic ring is 1. The molecule has 0 aliphatic carbocycles. The third-order valence-electron chi connectivity index (χ3n) is 4.66. The molecule has 4 rings (SSSR count). The van der Waals surface area contributed by atoms with Gasteiger partial charge in [-0.1, -0.05) is 35.0 Å². The average Bonchev–Trinajstić information content (AvgIpc) is 3.43. The van der Waals surface area contributed by atoms with Crippen LogP contribution in [0.2, 0.25) is 0 Å². The molecule has 0 unspecified atom stereocenters. The molecule has 12 heteroatoms. The normalized spacial score (nSPS) is 11.5. The van der Waals surface area contributed by atoms with Gasteiger partial charge >= 0.3 is 0 Å². The highest BCUT2D eigenvalue weighted by molar-refractivity contribution is 7.98. The summed E-state index contributed by atoms with van der Waals surface area (Å²) in [5, 5.41) is 19.4. The zero-order valence-corrected chi connectivity index (χ0v) is 18.5. The van der Waals surface area contributed by atoms with Crippen molar-refractivity contribution >= 4 is 29.2 Å².